The van der Waals surface area contributed by atoms with Crippen LogP contribution in [0, 0.1) is 19.8 Å². The van der Waals surface area contributed by atoms with Crippen molar-refractivity contribution in [3.8, 4) is 0 Å². The highest BCUT2D eigenvalue weighted by atomic mass is 16.1. The molecule has 1 aromatic rings. The Morgan fingerprint density at radius 2 is 1.90 bits per heavy atom. The highest BCUT2D eigenvalue weighted by molar-refractivity contribution is 6.00. The Morgan fingerprint density at radius 1 is 1.24 bits per heavy atom. The van der Waals surface area contributed by atoms with Gasteiger partial charge >= 0.3 is 0 Å². The van der Waals surface area contributed by atoms with E-state index in [2.05, 4.69) is 44.7 Å². The molecule has 3 unspecified atom stereocenters. The first-order chi connectivity index (χ1) is 9.81. The molecule has 1 saturated heterocycles. The Bertz CT molecular complexity index is 524. The van der Waals surface area contributed by atoms with Gasteiger partial charge in [-0.3, -0.25) is 9.69 Å². The van der Waals surface area contributed by atoms with E-state index in [-0.39, 0.29) is 11.8 Å². The van der Waals surface area contributed by atoms with E-state index in [9.17, 15) is 4.79 Å². The van der Waals surface area contributed by atoms with Crippen LogP contribution in [-0.2, 0) is 0 Å². The fraction of sp³-hybridized carbons (Fsp3) is 0.611. The van der Waals surface area contributed by atoms with Gasteiger partial charge in [0.2, 0.25) is 0 Å². The van der Waals surface area contributed by atoms with Crippen molar-refractivity contribution in [2.75, 3.05) is 27.2 Å². The third kappa shape index (κ3) is 3.35. The van der Waals surface area contributed by atoms with Crippen LogP contribution in [0.3, 0.4) is 0 Å². The lowest BCUT2D eigenvalue weighted by Crippen LogP contribution is -2.40. The first-order valence-electron chi connectivity index (χ1n) is 7.83. The van der Waals surface area contributed by atoms with Gasteiger partial charge in [-0.25, -0.2) is 0 Å². The summed E-state index contributed by atoms with van der Waals surface area (Å²) in [5.74, 6) is 0.847. The Morgan fingerprint density at radius 3 is 2.43 bits per heavy atom. The number of Topliss-reactive ketones (excluding diaryl/α,β-unsaturated/α-hetero) is 1. The van der Waals surface area contributed by atoms with Crippen LogP contribution in [0.1, 0.15) is 35.3 Å². The summed E-state index contributed by atoms with van der Waals surface area (Å²) in [6.45, 7) is 10.4. The van der Waals surface area contributed by atoms with E-state index in [1.54, 1.807) is 0 Å². The molecule has 3 atom stereocenters. The fourth-order valence-corrected chi connectivity index (χ4v) is 3.28. The zero-order valence-corrected chi connectivity index (χ0v) is 14.2. The van der Waals surface area contributed by atoms with Gasteiger partial charge in [0.1, 0.15) is 0 Å². The van der Waals surface area contributed by atoms with E-state index < -0.39 is 0 Å². The van der Waals surface area contributed by atoms with E-state index in [1.165, 1.54) is 11.1 Å². The second-order valence-corrected chi connectivity index (χ2v) is 6.80. The number of likely N-dealkylation sites (tertiary alicyclic amines) is 1. The molecule has 21 heavy (non-hydrogen) atoms. The summed E-state index contributed by atoms with van der Waals surface area (Å²) in [7, 11) is 4.25. The monoisotopic (exact) mass is 288 g/mol. The Hall–Kier alpha value is -1.19. The Labute approximate surface area is 128 Å². The van der Waals surface area contributed by atoms with Crippen LogP contribution in [0.15, 0.2) is 18.2 Å². The number of rotatable bonds is 4. The maximum Gasteiger partial charge on any atom is 0.179 e. The predicted octanol–water partition coefficient (Wildman–Crippen LogP) is 2.76. The number of carbonyl (C=O) groups excluding carboxylic acids is 1. The number of hydrogen-bond acceptors (Lipinski definition) is 3. The van der Waals surface area contributed by atoms with E-state index in [0.29, 0.717) is 12.0 Å². The van der Waals surface area contributed by atoms with E-state index in [4.69, 9.17) is 0 Å². The summed E-state index contributed by atoms with van der Waals surface area (Å²) >= 11 is 0. The zero-order valence-electron chi connectivity index (χ0n) is 14.2. The number of likely N-dealkylation sites (N-methyl/N-ethyl adjacent to an activating group) is 1. The smallest absolute Gasteiger partial charge is 0.179 e. The molecule has 0 spiro atoms. The summed E-state index contributed by atoms with van der Waals surface area (Å²) in [6, 6.07) is 6.53. The van der Waals surface area contributed by atoms with Gasteiger partial charge in [0, 0.05) is 24.7 Å². The van der Waals surface area contributed by atoms with Crippen LogP contribution < -0.4 is 0 Å². The van der Waals surface area contributed by atoms with Gasteiger partial charge in [-0.05, 0) is 58.0 Å². The molecule has 0 bridgehead atoms. The highest BCUT2D eigenvalue weighted by Crippen LogP contribution is 2.23. The number of benzene rings is 1. The molecule has 1 heterocycles. The van der Waals surface area contributed by atoms with Crippen LogP contribution in [0.4, 0.5) is 0 Å². The summed E-state index contributed by atoms with van der Waals surface area (Å²) in [5, 5.41) is 0. The van der Waals surface area contributed by atoms with Crippen molar-refractivity contribution in [3.05, 3.63) is 34.9 Å². The largest absolute Gasteiger partial charge is 0.305 e. The molecule has 1 aliphatic rings. The molecule has 3 heteroatoms. The van der Waals surface area contributed by atoms with E-state index >= 15 is 0 Å². The average Bonchev–Trinajstić information content (AvgIpc) is 2.82. The van der Waals surface area contributed by atoms with Gasteiger partial charge in [-0.1, -0.05) is 19.1 Å². The third-order valence-electron chi connectivity index (χ3n) is 4.98. The average molecular weight is 288 g/mol. The van der Waals surface area contributed by atoms with Crippen LogP contribution >= 0.6 is 0 Å². The van der Waals surface area contributed by atoms with Crippen LogP contribution in [0.25, 0.3) is 0 Å². The molecule has 1 aromatic carbocycles. The van der Waals surface area contributed by atoms with Gasteiger partial charge < -0.3 is 4.90 Å². The Kier molecular flexibility index (Phi) is 4.84. The standard InChI is InChI=1S/C18H28N2O/c1-12-7-8-16(9-13(12)2)18(21)15(4)20-10-14(3)17(11-20)19(5)6/h7-9,14-15,17H,10-11H2,1-6H3. The molecule has 0 aliphatic carbocycles. The molecular formula is C18H28N2O. The van der Waals surface area contributed by atoms with Crippen molar-refractivity contribution in [1.29, 1.82) is 0 Å². The Balaban J connectivity index is 2.11. The van der Waals surface area contributed by atoms with Crippen molar-refractivity contribution in [1.82, 2.24) is 9.80 Å². The molecule has 1 fully saturated rings. The summed E-state index contributed by atoms with van der Waals surface area (Å²) < 4.78 is 0. The number of hydrogen-bond donors (Lipinski definition) is 0. The quantitative estimate of drug-likeness (QED) is 0.796. The highest BCUT2D eigenvalue weighted by Gasteiger charge is 2.35. The molecule has 2 rings (SSSR count). The molecular weight excluding hydrogens is 260 g/mol. The topological polar surface area (TPSA) is 23.6 Å². The molecule has 116 valence electrons. The van der Waals surface area contributed by atoms with Gasteiger partial charge in [-0.2, -0.15) is 0 Å². The minimum absolute atomic E-state index is 0.0421. The van der Waals surface area contributed by atoms with Gasteiger partial charge in [0.25, 0.3) is 0 Å². The maximum atomic E-state index is 12.7. The molecule has 0 saturated carbocycles. The van der Waals surface area contributed by atoms with Crippen molar-refractivity contribution >= 4 is 5.78 Å². The predicted molar refractivity (Wildman–Crippen MR) is 87.9 cm³/mol. The molecule has 0 amide bonds. The second kappa shape index (κ2) is 6.29. The zero-order chi connectivity index (χ0) is 15.7. The third-order valence-corrected chi connectivity index (χ3v) is 4.98. The first-order valence-corrected chi connectivity index (χ1v) is 7.83. The number of aryl methyl sites for hydroxylation is 2. The second-order valence-electron chi connectivity index (χ2n) is 6.80. The van der Waals surface area contributed by atoms with Crippen molar-refractivity contribution in [2.24, 2.45) is 5.92 Å². The normalized spacial score (nSPS) is 24.5. The van der Waals surface area contributed by atoms with Crippen LogP contribution in [-0.4, -0.2) is 54.9 Å². The van der Waals surface area contributed by atoms with Crippen LogP contribution in [0.2, 0.25) is 0 Å². The lowest BCUT2D eigenvalue weighted by Gasteiger charge is -2.25. The number of nitrogens with zero attached hydrogens (tertiary/aromatic N) is 2. The minimum atomic E-state index is -0.0421. The first kappa shape index (κ1) is 16.2. The van der Waals surface area contributed by atoms with Crippen molar-refractivity contribution in [2.45, 2.75) is 39.8 Å². The SMILES string of the molecule is Cc1ccc(C(=O)C(C)N2CC(C)C(N(C)C)C2)cc1C. The summed E-state index contributed by atoms with van der Waals surface area (Å²) in [5.41, 5.74) is 3.27. The van der Waals surface area contributed by atoms with E-state index in [1.807, 2.05) is 25.1 Å². The molecule has 1 aliphatic heterocycles. The van der Waals surface area contributed by atoms with Gasteiger partial charge in [0.15, 0.2) is 5.78 Å². The molecule has 0 radical (unpaired) electrons. The molecule has 0 N–H and O–H groups in total. The van der Waals surface area contributed by atoms with Crippen LogP contribution in [0.5, 0.6) is 0 Å². The number of ketones is 1. The summed E-state index contributed by atoms with van der Waals surface area (Å²) in [6.07, 6.45) is 0. The lowest BCUT2D eigenvalue weighted by atomic mass is 10.00. The lowest BCUT2D eigenvalue weighted by molar-refractivity contribution is 0.0858. The van der Waals surface area contributed by atoms with E-state index in [0.717, 1.165) is 18.7 Å². The number of carbonyl (C=O) groups is 1. The molecule has 0 aromatic heterocycles. The molecule has 3 nitrogen and oxygen atoms in total. The minimum Gasteiger partial charge on any atom is -0.305 e. The fourth-order valence-electron chi connectivity index (χ4n) is 3.28. The van der Waals surface area contributed by atoms with Gasteiger partial charge in [-0.15, -0.1) is 0 Å². The summed E-state index contributed by atoms with van der Waals surface area (Å²) in [4.78, 5) is 17.3. The van der Waals surface area contributed by atoms with Crippen molar-refractivity contribution < 1.29 is 4.79 Å². The van der Waals surface area contributed by atoms with Crippen molar-refractivity contribution in [3.63, 3.8) is 0 Å². The van der Waals surface area contributed by atoms with Gasteiger partial charge in [0.05, 0.1) is 6.04 Å². The maximum absolute atomic E-state index is 12.7.